The van der Waals surface area contributed by atoms with Crippen molar-refractivity contribution < 1.29 is 19.1 Å². The van der Waals surface area contributed by atoms with Crippen molar-refractivity contribution in [1.29, 1.82) is 0 Å². The van der Waals surface area contributed by atoms with Gasteiger partial charge in [-0.2, -0.15) is 0 Å². The molecule has 0 aliphatic rings. The molecular weight excluding hydrogens is 196 g/mol. The Bertz CT molecular complexity index is 395. The van der Waals surface area contributed by atoms with Crippen molar-refractivity contribution in [3.8, 4) is 5.75 Å². The molecule has 0 atom stereocenters. The van der Waals surface area contributed by atoms with Gasteiger partial charge in [0.25, 0.3) is 0 Å². The van der Waals surface area contributed by atoms with E-state index in [1.54, 1.807) is 18.2 Å². The lowest BCUT2D eigenvalue weighted by atomic mass is 10.2. The summed E-state index contributed by atoms with van der Waals surface area (Å²) in [4.78, 5) is 22.2. The quantitative estimate of drug-likeness (QED) is 0.428. The maximum Gasteiger partial charge on any atom is 0.349 e. The molecule has 0 unspecified atom stereocenters. The summed E-state index contributed by atoms with van der Waals surface area (Å²) in [6.07, 6.45) is 0.924. The lowest BCUT2D eigenvalue weighted by Gasteiger charge is -2.05. The highest BCUT2D eigenvalue weighted by atomic mass is 16.6. The minimum Gasteiger partial charge on any atom is -0.496 e. The Balaban J connectivity index is 2.90. The molecule has 0 saturated heterocycles. The molecule has 4 heteroatoms. The van der Waals surface area contributed by atoms with Gasteiger partial charge in [0.1, 0.15) is 11.3 Å². The number of esters is 2. The van der Waals surface area contributed by atoms with E-state index < -0.39 is 11.9 Å². The molecule has 1 aromatic rings. The molecule has 15 heavy (non-hydrogen) atoms. The van der Waals surface area contributed by atoms with Crippen LogP contribution in [0.5, 0.6) is 5.75 Å². The van der Waals surface area contributed by atoms with Gasteiger partial charge in [0, 0.05) is 6.08 Å². The maximum atomic E-state index is 11.4. The fraction of sp³-hybridized carbons (Fsp3) is 0.0909. The van der Waals surface area contributed by atoms with E-state index in [0.29, 0.717) is 5.75 Å². The van der Waals surface area contributed by atoms with E-state index in [9.17, 15) is 9.59 Å². The third-order valence-corrected chi connectivity index (χ3v) is 1.69. The largest absolute Gasteiger partial charge is 0.496 e. The second kappa shape index (κ2) is 4.95. The van der Waals surface area contributed by atoms with Crippen LogP contribution < -0.4 is 4.74 Å². The van der Waals surface area contributed by atoms with Crippen molar-refractivity contribution in [3.63, 3.8) is 0 Å². The van der Waals surface area contributed by atoms with Crippen LogP contribution in [0.2, 0.25) is 0 Å². The predicted octanol–water partition coefficient (Wildman–Crippen LogP) is 1.56. The van der Waals surface area contributed by atoms with E-state index in [1.807, 2.05) is 0 Å². The number of ether oxygens (including phenoxy) is 2. The topological polar surface area (TPSA) is 52.6 Å². The minimum absolute atomic E-state index is 0.204. The van der Waals surface area contributed by atoms with Crippen LogP contribution >= 0.6 is 0 Å². The van der Waals surface area contributed by atoms with Crippen molar-refractivity contribution in [2.45, 2.75) is 0 Å². The molecule has 0 saturated carbocycles. The third kappa shape index (κ3) is 2.67. The summed E-state index contributed by atoms with van der Waals surface area (Å²) in [7, 11) is 1.43. The van der Waals surface area contributed by atoms with Crippen LogP contribution in [0.3, 0.4) is 0 Å². The van der Waals surface area contributed by atoms with Crippen molar-refractivity contribution in [2.75, 3.05) is 7.11 Å². The molecule has 0 spiro atoms. The van der Waals surface area contributed by atoms with Gasteiger partial charge >= 0.3 is 11.9 Å². The fourth-order valence-electron chi connectivity index (χ4n) is 1.00. The van der Waals surface area contributed by atoms with Gasteiger partial charge < -0.3 is 9.47 Å². The monoisotopic (exact) mass is 206 g/mol. The first-order valence-corrected chi connectivity index (χ1v) is 4.20. The van der Waals surface area contributed by atoms with Crippen LogP contribution in [0.15, 0.2) is 36.9 Å². The highest BCUT2D eigenvalue weighted by Crippen LogP contribution is 2.18. The summed E-state index contributed by atoms with van der Waals surface area (Å²) < 4.78 is 9.40. The van der Waals surface area contributed by atoms with E-state index in [0.717, 1.165) is 6.08 Å². The van der Waals surface area contributed by atoms with E-state index >= 15 is 0 Å². The smallest absolute Gasteiger partial charge is 0.349 e. The normalized spacial score (nSPS) is 9.13. The zero-order chi connectivity index (χ0) is 11.3. The highest BCUT2D eigenvalue weighted by Gasteiger charge is 2.14. The second-order valence-corrected chi connectivity index (χ2v) is 2.61. The predicted molar refractivity (Wildman–Crippen MR) is 53.6 cm³/mol. The molecule has 0 bridgehead atoms. The van der Waals surface area contributed by atoms with E-state index in [-0.39, 0.29) is 5.56 Å². The number of carbonyl (C=O) groups is 2. The Morgan fingerprint density at radius 1 is 1.33 bits per heavy atom. The number of benzene rings is 1. The molecule has 0 amide bonds. The molecule has 0 radical (unpaired) electrons. The summed E-state index contributed by atoms with van der Waals surface area (Å²) in [6.45, 7) is 3.19. The first-order chi connectivity index (χ1) is 7.19. The summed E-state index contributed by atoms with van der Waals surface area (Å²) in [5.74, 6) is -1.18. The number of methoxy groups -OCH3 is 1. The van der Waals surface area contributed by atoms with Gasteiger partial charge in [-0.05, 0) is 12.1 Å². The van der Waals surface area contributed by atoms with Crippen LogP contribution in [0, 0.1) is 0 Å². The number of hydrogen-bond acceptors (Lipinski definition) is 4. The average Bonchev–Trinajstić information content (AvgIpc) is 2.28. The molecule has 0 N–H and O–H groups in total. The second-order valence-electron chi connectivity index (χ2n) is 2.61. The Labute approximate surface area is 87.1 Å². The molecule has 0 heterocycles. The van der Waals surface area contributed by atoms with Crippen molar-refractivity contribution in [2.24, 2.45) is 0 Å². The zero-order valence-electron chi connectivity index (χ0n) is 8.23. The first-order valence-electron chi connectivity index (χ1n) is 4.20. The Kier molecular flexibility index (Phi) is 3.62. The third-order valence-electron chi connectivity index (χ3n) is 1.69. The first kappa shape index (κ1) is 11.0. The molecule has 1 aromatic carbocycles. The number of carbonyl (C=O) groups excluding carboxylic acids is 2. The van der Waals surface area contributed by atoms with Crippen LogP contribution in [-0.2, 0) is 9.53 Å². The summed E-state index contributed by atoms with van der Waals surface area (Å²) in [6, 6.07) is 6.48. The van der Waals surface area contributed by atoms with Crippen molar-refractivity contribution >= 4 is 11.9 Å². The van der Waals surface area contributed by atoms with Crippen LogP contribution in [-0.4, -0.2) is 19.0 Å². The van der Waals surface area contributed by atoms with E-state index in [4.69, 9.17) is 4.74 Å². The van der Waals surface area contributed by atoms with E-state index in [1.165, 1.54) is 13.2 Å². The Morgan fingerprint density at radius 2 is 2.00 bits per heavy atom. The number of hydrogen-bond donors (Lipinski definition) is 0. The van der Waals surface area contributed by atoms with Crippen molar-refractivity contribution in [1.82, 2.24) is 0 Å². The number of rotatable bonds is 3. The van der Waals surface area contributed by atoms with Gasteiger partial charge in [-0.3, -0.25) is 0 Å². The Morgan fingerprint density at radius 3 is 2.60 bits per heavy atom. The van der Waals surface area contributed by atoms with Crippen LogP contribution in [0.1, 0.15) is 10.4 Å². The molecule has 0 aliphatic heterocycles. The van der Waals surface area contributed by atoms with Crippen molar-refractivity contribution in [3.05, 3.63) is 42.5 Å². The van der Waals surface area contributed by atoms with Gasteiger partial charge in [0.05, 0.1) is 7.11 Å². The summed E-state index contributed by atoms with van der Waals surface area (Å²) in [5.41, 5.74) is 0.204. The van der Waals surface area contributed by atoms with Crippen LogP contribution in [0.4, 0.5) is 0 Å². The summed E-state index contributed by atoms with van der Waals surface area (Å²) >= 11 is 0. The lowest BCUT2D eigenvalue weighted by molar-refractivity contribution is -0.132. The standard InChI is InChI=1S/C11H10O4/c1-3-10(12)15-11(13)8-6-4-5-7-9(8)14-2/h3-7H,1H2,2H3. The fourth-order valence-corrected chi connectivity index (χ4v) is 1.00. The van der Waals surface area contributed by atoms with E-state index in [2.05, 4.69) is 11.3 Å². The average molecular weight is 206 g/mol. The lowest BCUT2D eigenvalue weighted by Crippen LogP contribution is -2.11. The van der Waals surface area contributed by atoms with Gasteiger partial charge in [0.2, 0.25) is 0 Å². The molecule has 4 nitrogen and oxygen atoms in total. The molecule has 0 aliphatic carbocycles. The summed E-state index contributed by atoms with van der Waals surface area (Å²) in [5, 5.41) is 0. The van der Waals surface area contributed by atoms with Gasteiger partial charge in [0.15, 0.2) is 0 Å². The highest BCUT2D eigenvalue weighted by molar-refractivity contribution is 6.01. The zero-order valence-corrected chi connectivity index (χ0v) is 8.23. The maximum absolute atomic E-state index is 11.4. The Hall–Kier alpha value is -2.10. The molecule has 0 fully saturated rings. The molecule has 0 aromatic heterocycles. The molecule has 78 valence electrons. The SMILES string of the molecule is C=CC(=O)OC(=O)c1ccccc1OC. The molecule has 1 rings (SSSR count). The van der Waals surface area contributed by atoms with Crippen LogP contribution in [0.25, 0.3) is 0 Å². The minimum atomic E-state index is -0.786. The molecular formula is C11H10O4. The number of para-hydroxylation sites is 1. The van der Waals surface area contributed by atoms with Gasteiger partial charge in [-0.1, -0.05) is 18.7 Å². The van der Waals surface area contributed by atoms with Gasteiger partial charge in [-0.15, -0.1) is 0 Å². The van der Waals surface area contributed by atoms with Gasteiger partial charge in [-0.25, -0.2) is 9.59 Å².